The van der Waals surface area contributed by atoms with Crippen LogP contribution in [0.3, 0.4) is 0 Å². The van der Waals surface area contributed by atoms with Crippen LogP contribution in [0.25, 0.3) is 0 Å². The van der Waals surface area contributed by atoms with Crippen LogP contribution in [0.4, 0.5) is 0 Å². The molecule has 0 aliphatic rings. The second-order valence-electron chi connectivity index (χ2n) is 10.8. The van der Waals surface area contributed by atoms with Gasteiger partial charge in [-0.2, -0.15) is 0 Å². The van der Waals surface area contributed by atoms with Gasteiger partial charge in [0.2, 0.25) is 5.28 Å². The second-order valence-corrected chi connectivity index (χ2v) is 12.1. The molecule has 0 amide bonds. The van der Waals surface area contributed by atoms with Gasteiger partial charge < -0.3 is 4.48 Å². The molecule has 0 saturated carbocycles. The van der Waals surface area contributed by atoms with E-state index in [0.29, 0.717) is 4.48 Å². The summed E-state index contributed by atoms with van der Waals surface area (Å²) in [5.74, 6) is 0. The fraction of sp³-hybridized carbons (Fsp3) is 0.929. The van der Waals surface area contributed by atoms with Crippen LogP contribution in [-0.4, -0.2) is 30.9 Å². The maximum Gasteiger partial charge on any atom is 0.378 e. The van der Waals surface area contributed by atoms with Crippen LogP contribution >= 0.6 is 7.68 Å². The van der Waals surface area contributed by atoms with Gasteiger partial charge in [0.1, 0.15) is 0 Å². The number of quaternary nitrogens is 1. The summed E-state index contributed by atoms with van der Waals surface area (Å²) in [7, 11) is 3.68. The van der Waals surface area contributed by atoms with E-state index in [2.05, 4.69) is 26.0 Å². The quantitative estimate of drug-likeness (QED) is 0.0644. The van der Waals surface area contributed by atoms with Crippen molar-refractivity contribution in [3.8, 4) is 0 Å². The van der Waals surface area contributed by atoms with E-state index in [1.807, 2.05) is 21.1 Å². The smallest absolute Gasteiger partial charge is 0.314 e. The molecule has 0 aromatic carbocycles. The SMILES string of the molecule is CCCCCCCCCCC=CCCCCCCCCCC(CCC)(P(=O)=O)[N+](C)(C)C. The van der Waals surface area contributed by atoms with Crippen molar-refractivity contribution in [2.45, 2.75) is 148 Å². The van der Waals surface area contributed by atoms with Crippen molar-refractivity contribution in [2.24, 2.45) is 0 Å². The van der Waals surface area contributed by atoms with Crippen molar-refractivity contribution in [1.82, 2.24) is 0 Å². The lowest BCUT2D eigenvalue weighted by Gasteiger charge is -2.41. The Hall–Kier alpha value is -0.400. The molecule has 32 heavy (non-hydrogen) atoms. The molecule has 0 spiro atoms. The Morgan fingerprint density at radius 1 is 0.562 bits per heavy atom. The van der Waals surface area contributed by atoms with E-state index >= 15 is 0 Å². The standard InChI is InChI=1S/C28H57NO2P/c1-6-8-9-10-11-12-13-14-15-16-17-18-19-20-21-22-23-24-25-27-28(26-7-2,32(30)31)29(3,4)5/h16-17H,6-15,18-27H2,1-5H3/q+1. The first-order chi connectivity index (χ1) is 15.3. The van der Waals surface area contributed by atoms with E-state index in [0.717, 1.165) is 32.1 Å². The first-order valence-electron chi connectivity index (χ1n) is 13.9. The summed E-state index contributed by atoms with van der Waals surface area (Å²) in [5, 5.41) is -0.592. The highest BCUT2D eigenvalue weighted by atomic mass is 31.1. The Balaban J connectivity index is 3.65. The molecular formula is C28H57NO2P+. The molecule has 0 bridgehead atoms. The van der Waals surface area contributed by atoms with E-state index in [4.69, 9.17) is 0 Å². The number of nitrogens with zero attached hydrogens (tertiary/aromatic N) is 1. The van der Waals surface area contributed by atoms with Crippen molar-refractivity contribution in [3.05, 3.63) is 12.2 Å². The Bertz CT molecular complexity index is 514. The third-order valence-corrected chi connectivity index (χ3v) is 8.80. The van der Waals surface area contributed by atoms with Gasteiger partial charge in [-0.1, -0.05) is 103 Å². The van der Waals surface area contributed by atoms with Gasteiger partial charge in [-0.3, -0.25) is 0 Å². The minimum absolute atomic E-state index is 0.520. The first-order valence-corrected chi connectivity index (χ1v) is 15.1. The summed E-state index contributed by atoms with van der Waals surface area (Å²) in [6, 6.07) is 0. The van der Waals surface area contributed by atoms with E-state index < -0.39 is 13.0 Å². The van der Waals surface area contributed by atoms with Gasteiger partial charge in [-0.25, -0.2) is 9.13 Å². The highest BCUT2D eigenvalue weighted by molar-refractivity contribution is 7.32. The summed E-state index contributed by atoms with van der Waals surface area (Å²) >= 11 is 0. The van der Waals surface area contributed by atoms with Crippen LogP contribution in [0.15, 0.2) is 12.2 Å². The average molecular weight is 471 g/mol. The lowest BCUT2D eigenvalue weighted by molar-refractivity contribution is -0.908. The molecule has 0 radical (unpaired) electrons. The van der Waals surface area contributed by atoms with E-state index in [1.54, 1.807) is 0 Å². The highest BCUT2D eigenvalue weighted by Crippen LogP contribution is 2.44. The summed E-state index contributed by atoms with van der Waals surface area (Å²) in [5.41, 5.74) is 0. The lowest BCUT2D eigenvalue weighted by Crippen LogP contribution is -2.53. The molecule has 4 heteroatoms. The molecule has 0 aliphatic carbocycles. The Morgan fingerprint density at radius 2 is 0.969 bits per heavy atom. The summed E-state index contributed by atoms with van der Waals surface area (Å²) in [4.78, 5) is 0. The molecule has 0 heterocycles. The molecule has 0 aromatic rings. The van der Waals surface area contributed by atoms with Crippen LogP contribution in [-0.2, 0) is 9.13 Å². The third kappa shape index (κ3) is 14.7. The molecule has 0 fully saturated rings. The molecule has 0 aliphatic heterocycles. The minimum atomic E-state index is -2.42. The highest BCUT2D eigenvalue weighted by Gasteiger charge is 2.47. The molecular weight excluding hydrogens is 413 g/mol. The third-order valence-electron chi connectivity index (χ3n) is 7.08. The number of hydrogen-bond donors (Lipinski definition) is 0. The van der Waals surface area contributed by atoms with Crippen LogP contribution < -0.4 is 0 Å². The van der Waals surface area contributed by atoms with Gasteiger partial charge in [0.15, 0.2) is 0 Å². The van der Waals surface area contributed by atoms with Gasteiger partial charge >= 0.3 is 7.68 Å². The summed E-state index contributed by atoms with van der Waals surface area (Å²) in [6.45, 7) is 4.37. The molecule has 1 unspecified atom stereocenters. The predicted octanol–water partition coefficient (Wildman–Crippen LogP) is 9.96. The number of unbranched alkanes of at least 4 members (excludes halogenated alkanes) is 15. The predicted molar refractivity (Wildman–Crippen MR) is 142 cm³/mol. The number of hydrogen-bond acceptors (Lipinski definition) is 2. The lowest BCUT2D eigenvalue weighted by atomic mass is 9.99. The first kappa shape index (κ1) is 31.6. The fourth-order valence-electron chi connectivity index (χ4n) is 4.81. The normalized spacial score (nSPS) is 14.2. The van der Waals surface area contributed by atoms with Crippen molar-refractivity contribution >= 4 is 7.68 Å². The van der Waals surface area contributed by atoms with Gasteiger partial charge in [-0.05, 0) is 38.5 Å². The Kier molecular flexibility index (Phi) is 19.8. The molecule has 1 atom stereocenters. The van der Waals surface area contributed by atoms with E-state index in [-0.39, 0.29) is 0 Å². The fourth-order valence-corrected chi connectivity index (χ4v) is 6.05. The minimum Gasteiger partial charge on any atom is -0.314 e. The summed E-state index contributed by atoms with van der Waals surface area (Å²) < 4.78 is 24.7. The van der Waals surface area contributed by atoms with Crippen LogP contribution in [0.2, 0.25) is 0 Å². The zero-order chi connectivity index (χ0) is 24.1. The van der Waals surface area contributed by atoms with E-state index in [1.165, 1.54) is 96.3 Å². The Morgan fingerprint density at radius 3 is 1.34 bits per heavy atom. The van der Waals surface area contributed by atoms with Crippen molar-refractivity contribution in [1.29, 1.82) is 0 Å². The second kappa shape index (κ2) is 20.0. The molecule has 0 aromatic heterocycles. The molecule has 0 N–H and O–H groups in total. The van der Waals surface area contributed by atoms with Gasteiger partial charge in [0.25, 0.3) is 0 Å². The van der Waals surface area contributed by atoms with Gasteiger partial charge in [0.05, 0.1) is 21.1 Å². The van der Waals surface area contributed by atoms with Crippen LogP contribution in [0.1, 0.15) is 142 Å². The number of rotatable bonds is 23. The topological polar surface area (TPSA) is 34.1 Å². The molecule has 0 saturated heterocycles. The average Bonchev–Trinajstić information content (AvgIpc) is 2.73. The zero-order valence-corrected chi connectivity index (χ0v) is 23.4. The largest absolute Gasteiger partial charge is 0.378 e. The zero-order valence-electron chi connectivity index (χ0n) is 22.5. The van der Waals surface area contributed by atoms with Crippen molar-refractivity contribution < 1.29 is 13.6 Å². The van der Waals surface area contributed by atoms with E-state index in [9.17, 15) is 9.13 Å². The summed E-state index contributed by atoms with van der Waals surface area (Å²) in [6.07, 6.45) is 29.7. The maximum atomic E-state index is 12.1. The van der Waals surface area contributed by atoms with Gasteiger partial charge in [-0.15, -0.1) is 0 Å². The van der Waals surface area contributed by atoms with Crippen molar-refractivity contribution in [3.63, 3.8) is 0 Å². The molecule has 3 nitrogen and oxygen atoms in total. The van der Waals surface area contributed by atoms with Gasteiger partial charge in [0, 0.05) is 12.8 Å². The van der Waals surface area contributed by atoms with Crippen LogP contribution in [0, 0.1) is 0 Å². The monoisotopic (exact) mass is 470 g/mol. The Labute approximate surface area is 202 Å². The number of allylic oxidation sites excluding steroid dienone is 2. The maximum absolute atomic E-state index is 12.1. The van der Waals surface area contributed by atoms with Crippen molar-refractivity contribution in [2.75, 3.05) is 21.1 Å². The molecule has 0 rings (SSSR count). The van der Waals surface area contributed by atoms with Crippen LogP contribution in [0.5, 0.6) is 0 Å². The molecule has 190 valence electrons.